The van der Waals surface area contributed by atoms with Crippen molar-refractivity contribution >= 4 is 12.0 Å². The largest absolute Gasteiger partial charge is 0.444 e. The molecule has 3 rings (SSSR count). The quantitative estimate of drug-likeness (QED) is 0.835. The minimum absolute atomic E-state index is 0.0442. The highest BCUT2D eigenvalue weighted by atomic mass is 19.1. The second-order valence-electron chi connectivity index (χ2n) is 8.01. The van der Waals surface area contributed by atoms with Crippen molar-refractivity contribution < 1.29 is 27.8 Å². The molecular formula is C21H24F2N2O4. The molecule has 1 aromatic rings. The first-order valence-electron chi connectivity index (χ1n) is 9.34. The number of hydrogen-bond donors (Lipinski definition) is 1. The summed E-state index contributed by atoms with van der Waals surface area (Å²) in [4.78, 5) is 26.7. The first-order valence-corrected chi connectivity index (χ1v) is 9.34. The smallest absolute Gasteiger partial charge is 0.410 e. The molecule has 8 heteroatoms. The van der Waals surface area contributed by atoms with E-state index in [1.54, 1.807) is 45.1 Å². The predicted octanol–water partition coefficient (Wildman–Crippen LogP) is 3.43. The van der Waals surface area contributed by atoms with Crippen molar-refractivity contribution in [2.45, 2.75) is 51.1 Å². The van der Waals surface area contributed by atoms with Gasteiger partial charge in [0.2, 0.25) is 5.91 Å². The number of ether oxygens (including phenoxy) is 2. The topological polar surface area (TPSA) is 67.9 Å². The van der Waals surface area contributed by atoms with Gasteiger partial charge in [0.15, 0.2) is 5.72 Å². The zero-order valence-corrected chi connectivity index (χ0v) is 16.6. The maximum atomic E-state index is 13.6. The van der Waals surface area contributed by atoms with E-state index in [0.717, 1.165) is 6.07 Å². The Balaban J connectivity index is 1.92. The van der Waals surface area contributed by atoms with Crippen LogP contribution in [0.15, 0.2) is 42.5 Å². The Kier molecular flexibility index (Phi) is 5.75. The van der Waals surface area contributed by atoms with E-state index in [4.69, 9.17) is 9.47 Å². The molecule has 1 N–H and O–H groups in total. The van der Waals surface area contributed by atoms with Gasteiger partial charge in [-0.25, -0.2) is 13.6 Å². The monoisotopic (exact) mass is 406 g/mol. The van der Waals surface area contributed by atoms with Gasteiger partial charge in [-0.1, -0.05) is 18.2 Å². The first kappa shape index (κ1) is 21.0. The minimum Gasteiger partial charge on any atom is -0.444 e. The lowest BCUT2D eigenvalue weighted by Crippen LogP contribution is -2.62. The summed E-state index contributed by atoms with van der Waals surface area (Å²) in [5.41, 5.74) is -1.77. The molecule has 2 unspecified atom stereocenters. The lowest BCUT2D eigenvalue weighted by molar-refractivity contribution is -0.134. The second-order valence-corrected chi connectivity index (χ2v) is 8.01. The number of amides is 2. The number of carbonyl (C=O) groups is 2. The van der Waals surface area contributed by atoms with E-state index >= 15 is 0 Å². The molecule has 2 aliphatic rings. The third-order valence-electron chi connectivity index (χ3n) is 4.47. The summed E-state index contributed by atoms with van der Waals surface area (Å²) in [5, 5.41) is 2.73. The third-order valence-corrected chi connectivity index (χ3v) is 4.47. The van der Waals surface area contributed by atoms with Crippen LogP contribution in [-0.4, -0.2) is 40.9 Å². The maximum absolute atomic E-state index is 13.6. The number of carbonyl (C=O) groups excluding carboxylic acids is 2. The SMILES string of the molecule is CC(C)(C)OC(=O)NC12C=CC=CC1N(Cc1cc(F)cc(F)c1)C(=O)CCO2. The summed E-state index contributed by atoms with van der Waals surface area (Å²) in [6.45, 7) is 5.23. The molecule has 0 aromatic heterocycles. The summed E-state index contributed by atoms with van der Waals surface area (Å²) in [6, 6.07) is 2.40. The Morgan fingerprint density at radius 3 is 2.62 bits per heavy atom. The van der Waals surface area contributed by atoms with Crippen LogP contribution in [0.5, 0.6) is 0 Å². The van der Waals surface area contributed by atoms with Crippen LogP contribution in [0.1, 0.15) is 32.8 Å². The van der Waals surface area contributed by atoms with Crippen molar-refractivity contribution in [3.05, 3.63) is 59.7 Å². The number of halogens is 2. The van der Waals surface area contributed by atoms with Gasteiger partial charge in [-0.2, -0.15) is 0 Å². The Labute approximate surface area is 168 Å². The number of rotatable bonds is 3. The Bertz CT molecular complexity index is 842. The number of fused-ring (bicyclic) bond motifs is 1. The molecule has 1 heterocycles. The lowest BCUT2D eigenvalue weighted by Gasteiger charge is -2.42. The molecule has 0 saturated carbocycles. The molecular weight excluding hydrogens is 382 g/mol. The van der Waals surface area contributed by atoms with Crippen molar-refractivity contribution in [3.63, 3.8) is 0 Å². The Morgan fingerprint density at radius 2 is 1.97 bits per heavy atom. The molecule has 0 bridgehead atoms. The second kappa shape index (κ2) is 7.94. The van der Waals surface area contributed by atoms with Gasteiger partial charge in [-0.05, 0) is 44.5 Å². The van der Waals surface area contributed by atoms with Crippen LogP contribution >= 0.6 is 0 Å². The Hall–Kier alpha value is -2.74. The third kappa shape index (κ3) is 5.00. The summed E-state index contributed by atoms with van der Waals surface area (Å²) < 4.78 is 38.5. The van der Waals surface area contributed by atoms with Crippen LogP contribution in [0.3, 0.4) is 0 Å². The van der Waals surface area contributed by atoms with Crippen LogP contribution in [0.25, 0.3) is 0 Å². The van der Waals surface area contributed by atoms with Crippen molar-refractivity contribution in [3.8, 4) is 0 Å². The van der Waals surface area contributed by atoms with Gasteiger partial charge >= 0.3 is 6.09 Å². The molecule has 1 aliphatic carbocycles. The average Bonchev–Trinajstić information content (AvgIpc) is 2.69. The summed E-state index contributed by atoms with van der Waals surface area (Å²) in [7, 11) is 0. The van der Waals surface area contributed by atoms with Crippen LogP contribution in [0, 0.1) is 11.6 Å². The molecule has 1 aliphatic heterocycles. The molecule has 0 spiro atoms. The number of allylic oxidation sites excluding steroid dienone is 2. The van der Waals surface area contributed by atoms with E-state index in [-0.39, 0.29) is 25.5 Å². The van der Waals surface area contributed by atoms with Gasteiger partial charge in [0, 0.05) is 12.6 Å². The zero-order valence-electron chi connectivity index (χ0n) is 16.6. The normalized spacial score (nSPS) is 24.1. The van der Waals surface area contributed by atoms with Gasteiger partial charge in [0.25, 0.3) is 0 Å². The highest BCUT2D eigenvalue weighted by molar-refractivity contribution is 5.78. The van der Waals surface area contributed by atoms with Crippen molar-refractivity contribution in [1.82, 2.24) is 10.2 Å². The molecule has 0 radical (unpaired) electrons. The summed E-state index contributed by atoms with van der Waals surface area (Å²) >= 11 is 0. The van der Waals surface area contributed by atoms with Gasteiger partial charge in [0.05, 0.1) is 13.0 Å². The van der Waals surface area contributed by atoms with E-state index in [2.05, 4.69) is 5.32 Å². The minimum atomic E-state index is -1.35. The molecule has 1 saturated heterocycles. The Morgan fingerprint density at radius 1 is 1.28 bits per heavy atom. The van der Waals surface area contributed by atoms with Gasteiger partial charge < -0.3 is 14.4 Å². The van der Waals surface area contributed by atoms with Crippen molar-refractivity contribution in [1.29, 1.82) is 0 Å². The van der Waals surface area contributed by atoms with E-state index in [0.29, 0.717) is 5.56 Å². The molecule has 6 nitrogen and oxygen atoms in total. The number of benzene rings is 1. The van der Waals surface area contributed by atoms with Gasteiger partial charge in [-0.3, -0.25) is 10.1 Å². The van der Waals surface area contributed by atoms with Crippen molar-refractivity contribution in [2.75, 3.05) is 6.61 Å². The van der Waals surface area contributed by atoms with E-state index in [9.17, 15) is 18.4 Å². The van der Waals surface area contributed by atoms with Crippen LogP contribution in [0.2, 0.25) is 0 Å². The molecule has 1 aromatic carbocycles. The number of nitrogens with zero attached hydrogens (tertiary/aromatic N) is 1. The van der Waals surface area contributed by atoms with Crippen molar-refractivity contribution in [2.24, 2.45) is 0 Å². The number of alkyl carbamates (subject to hydrolysis) is 1. The predicted molar refractivity (Wildman–Crippen MR) is 102 cm³/mol. The molecule has 2 amide bonds. The maximum Gasteiger partial charge on any atom is 0.410 e. The number of nitrogens with one attached hydrogen (secondary N) is 1. The molecule has 29 heavy (non-hydrogen) atoms. The van der Waals surface area contributed by atoms with Crippen LogP contribution in [0.4, 0.5) is 13.6 Å². The summed E-state index contributed by atoms with van der Waals surface area (Å²) in [6.07, 6.45) is 6.13. The summed E-state index contributed by atoms with van der Waals surface area (Å²) in [5.74, 6) is -1.71. The van der Waals surface area contributed by atoms with E-state index in [1.165, 1.54) is 17.0 Å². The highest BCUT2D eigenvalue weighted by Gasteiger charge is 2.46. The zero-order chi connectivity index (χ0) is 21.2. The van der Waals surface area contributed by atoms with Crippen LogP contribution < -0.4 is 5.32 Å². The number of hydrogen-bond acceptors (Lipinski definition) is 4. The van der Waals surface area contributed by atoms with Gasteiger partial charge in [-0.15, -0.1) is 0 Å². The lowest BCUT2D eigenvalue weighted by atomic mass is 9.96. The first-order chi connectivity index (χ1) is 13.6. The van der Waals surface area contributed by atoms with E-state index in [1.807, 2.05) is 0 Å². The fourth-order valence-corrected chi connectivity index (χ4v) is 3.38. The highest BCUT2D eigenvalue weighted by Crippen LogP contribution is 2.30. The fourth-order valence-electron chi connectivity index (χ4n) is 3.38. The molecule has 156 valence electrons. The van der Waals surface area contributed by atoms with Gasteiger partial charge in [0.1, 0.15) is 23.3 Å². The fraction of sp³-hybridized carbons (Fsp3) is 0.429. The average molecular weight is 406 g/mol. The van der Waals surface area contributed by atoms with E-state index < -0.39 is 35.1 Å². The van der Waals surface area contributed by atoms with Crippen LogP contribution in [-0.2, 0) is 20.8 Å². The molecule has 1 fully saturated rings. The molecule has 2 atom stereocenters. The standard InChI is InChI=1S/C21H24F2N2O4/c1-20(2,3)29-19(27)24-21-8-5-4-6-17(21)25(18(26)7-9-28-21)13-14-10-15(22)12-16(23)11-14/h4-6,8,10-12,17H,7,9,13H2,1-3H3,(H,24,27).